The highest BCUT2D eigenvalue weighted by atomic mass is 16.5. The third-order valence-electron chi connectivity index (χ3n) is 3.25. The summed E-state index contributed by atoms with van der Waals surface area (Å²) in [6, 6.07) is 8.41. The van der Waals surface area contributed by atoms with Crippen LogP contribution in [0.15, 0.2) is 24.3 Å². The van der Waals surface area contributed by atoms with E-state index < -0.39 is 0 Å². The third-order valence-corrected chi connectivity index (χ3v) is 3.25. The molecular formula is C14H21NO2. The standard InChI is InChI=1S/C14H21NO2/c1-14(2,3)12-9-17-13(15-12)10-5-7-11(16-4)8-6-10/h5-8,12-13,15H,9H2,1-4H3/t12-,13+/m1/s1. The highest BCUT2D eigenvalue weighted by Gasteiger charge is 2.33. The van der Waals surface area contributed by atoms with Gasteiger partial charge in [0.15, 0.2) is 0 Å². The first kappa shape index (κ1) is 12.4. The largest absolute Gasteiger partial charge is 0.497 e. The fourth-order valence-electron chi connectivity index (χ4n) is 1.94. The van der Waals surface area contributed by atoms with Crippen molar-refractivity contribution in [1.29, 1.82) is 0 Å². The predicted molar refractivity (Wildman–Crippen MR) is 68.1 cm³/mol. The van der Waals surface area contributed by atoms with Gasteiger partial charge in [0.25, 0.3) is 0 Å². The molecule has 3 heteroatoms. The summed E-state index contributed by atoms with van der Waals surface area (Å²) in [7, 11) is 1.68. The molecule has 1 aromatic carbocycles. The Labute approximate surface area is 103 Å². The Morgan fingerprint density at radius 2 is 1.88 bits per heavy atom. The fraction of sp³-hybridized carbons (Fsp3) is 0.571. The summed E-state index contributed by atoms with van der Waals surface area (Å²) in [5.41, 5.74) is 1.37. The Hall–Kier alpha value is -1.06. The second-order valence-corrected chi connectivity index (χ2v) is 5.57. The van der Waals surface area contributed by atoms with E-state index in [1.54, 1.807) is 7.11 Å². The summed E-state index contributed by atoms with van der Waals surface area (Å²) >= 11 is 0. The molecule has 2 atom stereocenters. The molecule has 0 unspecified atom stereocenters. The first-order valence-electron chi connectivity index (χ1n) is 6.02. The number of hydrogen-bond acceptors (Lipinski definition) is 3. The second kappa shape index (κ2) is 4.67. The van der Waals surface area contributed by atoms with Crippen LogP contribution in [-0.2, 0) is 4.74 Å². The Morgan fingerprint density at radius 3 is 2.35 bits per heavy atom. The Bertz CT molecular complexity index is 367. The van der Waals surface area contributed by atoms with Gasteiger partial charge in [0, 0.05) is 6.04 Å². The molecule has 1 N–H and O–H groups in total. The molecule has 17 heavy (non-hydrogen) atoms. The Balaban J connectivity index is 2.05. The van der Waals surface area contributed by atoms with Gasteiger partial charge in [-0.2, -0.15) is 0 Å². The molecule has 0 spiro atoms. The highest BCUT2D eigenvalue weighted by Crippen LogP contribution is 2.30. The van der Waals surface area contributed by atoms with Crippen molar-refractivity contribution in [2.75, 3.05) is 13.7 Å². The summed E-state index contributed by atoms with van der Waals surface area (Å²) in [5, 5.41) is 3.52. The van der Waals surface area contributed by atoms with Crippen LogP contribution in [0.1, 0.15) is 32.6 Å². The summed E-state index contributed by atoms with van der Waals surface area (Å²) in [5.74, 6) is 0.874. The van der Waals surface area contributed by atoms with E-state index in [-0.39, 0.29) is 11.6 Å². The number of nitrogens with one attached hydrogen (secondary N) is 1. The molecule has 0 radical (unpaired) electrons. The van der Waals surface area contributed by atoms with Crippen LogP contribution in [0.5, 0.6) is 5.75 Å². The highest BCUT2D eigenvalue weighted by molar-refractivity contribution is 5.28. The lowest BCUT2D eigenvalue weighted by molar-refractivity contribution is 0.0982. The van der Waals surface area contributed by atoms with E-state index in [0.29, 0.717) is 6.04 Å². The summed E-state index contributed by atoms with van der Waals surface area (Å²) in [6.07, 6.45) is 0.00475. The second-order valence-electron chi connectivity index (χ2n) is 5.57. The van der Waals surface area contributed by atoms with Crippen molar-refractivity contribution < 1.29 is 9.47 Å². The molecule has 1 fully saturated rings. The smallest absolute Gasteiger partial charge is 0.134 e. The van der Waals surface area contributed by atoms with Gasteiger partial charge < -0.3 is 9.47 Å². The van der Waals surface area contributed by atoms with Crippen molar-refractivity contribution in [3.8, 4) is 5.75 Å². The number of benzene rings is 1. The van der Waals surface area contributed by atoms with Gasteiger partial charge >= 0.3 is 0 Å². The van der Waals surface area contributed by atoms with Gasteiger partial charge in [-0.1, -0.05) is 32.9 Å². The molecule has 3 nitrogen and oxygen atoms in total. The van der Waals surface area contributed by atoms with E-state index in [4.69, 9.17) is 9.47 Å². The number of hydrogen-bond donors (Lipinski definition) is 1. The van der Waals surface area contributed by atoms with Crippen molar-refractivity contribution in [3.63, 3.8) is 0 Å². The van der Waals surface area contributed by atoms with Crippen LogP contribution < -0.4 is 10.1 Å². The minimum atomic E-state index is 0.00475. The lowest BCUT2D eigenvalue weighted by atomic mass is 9.88. The van der Waals surface area contributed by atoms with Crippen molar-refractivity contribution in [1.82, 2.24) is 5.32 Å². The molecule has 1 heterocycles. The van der Waals surface area contributed by atoms with E-state index in [2.05, 4.69) is 26.1 Å². The lowest BCUT2D eigenvalue weighted by Gasteiger charge is -2.26. The Kier molecular flexibility index (Phi) is 3.40. The molecule has 0 bridgehead atoms. The average molecular weight is 235 g/mol. The van der Waals surface area contributed by atoms with Crippen LogP contribution in [0.2, 0.25) is 0 Å². The zero-order valence-corrected chi connectivity index (χ0v) is 11.0. The van der Waals surface area contributed by atoms with Crippen molar-refractivity contribution >= 4 is 0 Å². The van der Waals surface area contributed by atoms with Crippen molar-refractivity contribution in [2.24, 2.45) is 5.41 Å². The van der Waals surface area contributed by atoms with Crippen molar-refractivity contribution in [2.45, 2.75) is 33.0 Å². The lowest BCUT2D eigenvalue weighted by Crippen LogP contribution is -2.37. The molecule has 94 valence electrons. The number of methoxy groups -OCH3 is 1. The molecule has 0 aliphatic carbocycles. The van der Waals surface area contributed by atoms with Crippen LogP contribution in [0.25, 0.3) is 0 Å². The van der Waals surface area contributed by atoms with Crippen LogP contribution in [0.3, 0.4) is 0 Å². The molecule has 1 saturated heterocycles. The quantitative estimate of drug-likeness (QED) is 0.855. The minimum absolute atomic E-state index is 0.00475. The average Bonchev–Trinajstić information content (AvgIpc) is 2.78. The SMILES string of the molecule is COc1ccc([C@H]2N[C@@H](C(C)(C)C)CO2)cc1. The van der Waals surface area contributed by atoms with Gasteiger partial charge in [0.2, 0.25) is 0 Å². The van der Waals surface area contributed by atoms with Gasteiger partial charge in [-0.3, -0.25) is 5.32 Å². The zero-order valence-electron chi connectivity index (χ0n) is 11.0. The van der Waals surface area contributed by atoms with Gasteiger partial charge in [-0.15, -0.1) is 0 Å². The topological polar surface area (TPSA) is 30.5 Å². The predicted octanol–water partition coefficient (Wildman–Crippen LogP) is 2.73. The monoisotopic (exact) mass is 235 g/mol. The maximum Gasteiger partial charge on any atom is 0.134 e. The molecule has 1 aliphatic rings. The summed E-state index contributed by atoms with van der Waals surface area (Å²) in [4.78, 5) is 0. The van der Waals surface area contributed by atoms with Crippen molar-refractivity contribution in [3.05, 3.63) is 29.8 Å². The zero-order chi connectivity index (χ0) is 12.5. The van der Waals surface area contributed by atoms with Crippen LogP contribution in [0.4, 0.5) is 0 Å². The molecule has 0 saturated carbocycles. The van der Waals surface area contributed by atoms with Gasteiger partial charge in [0.05, 0.1) is 13.7 Å². The van der Waals surface area contributed by atoms with E-state index in [1.165, 1.54) is 0 Å². The van der Waals surface area contributed by atoms with Gasteiger partial charge in [-0.25, -0.2) is 0 Å². The first-order valence-corrected chi connectivity index (χ1v) is 6.02. The third kappa shape index (κ3) is 2.79. The van der Waals surface area contributed by atoms with E-state index in [0.717, 1.165) is 17.9 Å². The molecule has 0 amide bonds. The van der Waals surface area contributed by atoms with E-state index in [9.17, 15) is 0 Å². The normalized spacial score (nSPS) is 24.9. The molecule has 0 aromatic heterocycles. The first-order chi connectivity index (χ1) is 8.00. The van der Waals surface area contributed by atoms with Crippen LogP contribution in [0, 0.1) is 5.41 Å². The number of ether oxygens (including phenoxy) is 2. The fourth-order valence-corrected chi connectivity index (χ4v) is 1.94. The minimum Gasteiger partial charge on any atom is -0.497 e. The Morgan fingerprint density at radius 1 is 1.24 bits per heavy atom. The molecular weight excluding hydrogens is 214 g/mol. The molecule has 1 aliphatic heterocycles. The summed E-state index contributed by atoms with van der Waals surface area (Å²) < 4.78 is 10.9. The maximum absolute atomic E-state index is 5.80. The summed E-state index contributed by atoms with van der Waals surface area (Å²) in [6.45, 7) is 7.44. The maximum atomic E-state index is 5.80. The van der Waals surface area contributed by atoms with E-state index >= 15 is 0 Å². The molecule has 2 rings (SSSR count). The van der Waals surface area contributed by atoms with Crippen LogP contribution in [-0.4, -0.2) is 19.8 Å². The number of rotatable bonds is 2. The van der Waals surface area contributed by atoms with Gasteiger partial charge in [0.1, 0.15) is 12.0 Å². The van der Waals surface area contributed by atoms with E-state index in [1.807, 2.05) is 24.3 Å². The van der Waals surface area contributed by atoms with Gasteiger partial charge in [-0.05, 0) is 23.1 Å². The van der Waals surface area contributed by atoms with Crippen LogP contribution >= 0.6 is 0 Å². The molecule has 1 aromatic rings.